The zero-order valence-electron chi connectivity index (χ0n) is 16.3. The highest BCUT2D eigenvalue weighted by Gasteiger charge is 2.25. The summed E-state index contributed by atoms with van der Waals surface area (Å²) in [6.07, 6.45) is 3.15. The molecule has 0 bridgehead atoms. The Morgan fingerprint density at radius 1 is 1.31 bits per heavy atom. The van der Waals surface area contributed by atoms with E-state index in [2.05, 4.69) is 22.1 Å². The van der Waals surface area contributed by atoms with E-state index in [1.54, 1.807) is 6.07 Å². The molecular formula is C21H24F2N3O3. The number of carbonyl (C=O) groups is 1. The van der Waals surface area contributed by atoms with Gasteiger partial charge in [0.15, 0.2) is 11.6 Å². The zero-order chi connectivity index (χ0) is 20.8. The van der Waals surface area contributed by atoms with E-state index in [1.165, 1.54) is 25.4 Å². The van der Waals surface area contributed by atoms with Gasteiger partial charge in [0.25, 0.3) is 5.91 Å². The number of anilines is 1. The second-order valence-electron chi connectivity index (χ2n) is 6.73. The molecule has 3 rings (SSSR count). The summed E-state index contributed by atoms with van der Waals surface area (Å²) in [5, 5.41) is 2.81. The van der Waals surface area contributed by atoms with Crippen LogP contribution in [0.15, 0.2) is 30.5 Å². The molecule has 2 heterocycles. The van der Waals surface area contributed by atoms with Gasteiger partial charge in [-0.05, 0) is 18.6 Å². The molecule has 1 fully saturated rings. The number of hydrogen-bond acceptors (Lipinski definition) is 5. The summed E-state index contributed by atoms with van der Waals surface area (Å²) < 4.78 is 37.8. The van der Waals surface area contributed by atoms with E-state index >= 15 is 0 Å². The predicted octanol–water partition coefficient (Wildman–Crippen LogP) is 3.37. The van der Waals surface area contributed by atoms with Crippen LogP contribution < -0.4 is 19.7 Å². The summed E-state index contributed by atoms with van der Waals surface area (Å²) in [5.41, 5.74) is 1.19. The highest BCUT2D eigenvalue weighted by Crippen LogP contribution is 2.29. The molecule has 1 radical (unpaired) electrons. The fraction of sp³-hybridized carbons (Fsp3) is 0.381. The van der Waals surface area contributed by atoms with Crippen molar-refractivity contribution < 1.29 is 23.0 Å². The van der Waals surface area contributed by atoms with E-state index in [1.807, 2.05) is 0 Å². The van der Waals surface area contributed by atoms with Crippen LogP contribution in [-0.2, 0) is 0 Å². The van der Waals surface area contributed by atoms with Gasteiger partial charge >= 0.3 is 0 Å². The number of nitrogens with one attached hydrogen (secondary N) is 1. The van der Waals surface area contributed by atoms with Gasteiger partial charge in [0, 0.05) is 50.8 Å². The normalized spacial score (nSPS) is 14.6. The van der Waals surface area contributed by atoms with Crippen molar-refractivity contribution in [2.45, 2.75) is 25.4 Å². The van der Waals surface area contributed by atoms with Gasteiger partial charge in [-0.25, -0.2) is 13.8 Å². The first kappa shape index (κ1) is 20.8. The van der Waals surface area contributed by atoms with Crippen LogP contribution in [0.5, 0.6) is 11.6 Å². The first-order valence-electron chi connectivity index (χ1n) is 9.50. The number of hydrogen-bond donors (Lipinski definition) is 1. The maximum Gasteiger partial charge on any atom is 0.254 e. The summed E-state index contributed by atoms with van der Waals surface area (Å²) in [4.78, 5) is 18.7. The fourth-order valence-electron chi connectivity index (χ4n) is 3.24. The van der Waals surface area contributed by atoms with Crippen LogP contribution in [0.25, 0.3) is 0 Å². The molecule has 0 spiro atoms. The molecular weight excluding hydrogens is 380 g/mol. The number of nitrogens with zero attached hydrogens (tertiary/aromatic N) is 2. The summed E-state index contributed by atoms with van der Waals surface area (Å²) >= 11 is 0. The summed E-state index contributed by atoms with van der Waals surface area (Å²) in [6, 6.07) is 5.02. The van der Waals surface area contributed by atoms with Crippen molar-refractivity contribution in [2.24, 2.45) is 0 Å². The Kier molecular flexibility index (Phi) is 6.85. The van der Waals surface area contributed by atoms with Crippen LogP contribution >= 0.6 is 0 Å². The number of ether oxygens (including phenoxy) is 2. The van der Waals surface area contributed by atoms with Gasteiger partial charge in [-0.1, -0.05) is 6.92 Å². The SMILES string of the molecule is [CH2]CCNC(=O)c1cnc(OC)cc1N1CCC(Oc2ccc(F)cc2F)CC1. The first-order chi connectivity index (χ1) is 14.0. The number of methoxy groups -OCH3 is 1. The van der Waals surface area contributed by atoms with Gasteiger partial charge in [0.05, 0.1) is 18.4 Å². The van der Waals surface area contributed by atoms with Crippen LogP contribution in [0.3, 0.4) is 0 Å². The lowest BCUT2D eigenvalue weighted by atomic mass is 10.1. The average molecular weight is 404 g/mol. The van der Waals surface area contributed by atoms with Crippen molar-refractivity contribution >= 4 is 11.6 Å². The Morgan fingerprint density at radius 2 is 2.07 bits per heavy atom. The van der Waals surface area contributed by atoms with Crippen molar-refractivity contribution in [2.75, 3.05) is 31.6 Å². The fourth-order valence-corrected chi connectivity index (χ4v) is 3.24. The molecule has 1 amide bonds. The minimum absolute atomic E-state index is 0.0451. The number of carbonyl (C=O) groups excluding carboxylic acids is 1. The highest BCUT2D eigenvalue weighted by atomic mass is 19.1. The van der Waals surface area contributed by atoms with Gasteiger partial charge < -0.3 is 19.7 Å². The van der Waals surface area contributed by atoms with Gasteiger partial charge in [-0.3, -0.25) is 4.79 Å². The number of benzene rings is 1. The van der Waals surface area contributed by atoms with Crippen molar-refractivity contribution in [1.29, 1.82) is 0 Å². The Labute approximate surface area is 168 Å². The number of aromatic nitrogens is 1. The molecule has 1 aliphatic heterocycles. The lowest BCUT2D eigenvalue weighted by Crippen LogP contribution is -2.39. The second-order valence-corrected chi connectivity index (χ2v) is 6.73. The predicted molar refractivity (Wildman–Crippen MR) is 105 cm³/mol. The molecule has 1 aliphatic rings. The molecule has 0 atom stereocenters. The smallest absolute Gasteiger partial charge is 0.254 e. The average Bonchev–Trinajstić information content (AvgIpc) is 2.74. The first-order valence-corrected chi connectivity index (χ1v) is 9.50. The molecule has 1 N–H and O–H groups in total. The molecule has 155 valence electrons. The molecule has 8 heteroatoms. The molecule has 6 nitrogen and oxygen atoms in total. The number of pyridine rings is 1. The third-order valence-corrected chi connectivity index (χ3v) is 4.74. The third-order valence-electron chi connectivity index (χ3n) is 4.74. The van der Waals surface area contributed by atoms with E-state index in [0.29, 0.717) is 50.3 Å². The van der Waals surface area contributed by atoms with Gasteiger partial charge in [-0.15, -0.1) is 0 Å². The minimum Gasteiger partial charge on any atom is -0.487 e. The van der Waals surface area contributed by atoms with Crippen molar-refractivity contribution in [3.8, 4) is 11.6 Å². The number of rotatable bonds is 7. The number of piperidine rings is 1. The Morgan fingerprint density at radius 3 is 2.72 bits per heavy atom. The van der Waals surface area contributed by atoms with Crippen LogP contribution in [0.2, 0.25) is 0 Å². The lowest BCUT2D eigenvalue weighted by Gasteiger charge is -2.34. The van der Waals surface area contributed by atoms with Crippen molar-refractivity contribution in [1.82, 2.24) is 10.3 Å². The molecule has 1 aromatic heterocycles. The maximum atomic E-state index is 13.8. The number of halogens is 2. The molecule has 1 saturated heterocycles. The van der Waals surface area contributed by atoms with Gasteiger partial charge in [0.2, 0.25) is 5.88 Å². The highest BCUT2D eigenvalue weighted by molar-refractivity contribution is 5.99. The quantitative estimate of drug-likeness (QED) is 0.767. The van der Waals surface area contributed by atoms with E-state index < -0.39 is 11.6 Å². The molecule has 2 aromatic rings. The maximum absolute atomic E-state index is 13.8. The van der Waals surface area contributed by atoms with Crippen LogP contribution in [0.4, 0.5) is 14.5 Å². The summed E-state index contributed by atoms with van der Waals surface area (Å²) in [6.45, 7) is 5.41. The van der Waals surface area contributed by atoms with Gasteiger partial charge in [-0.2, -0.15) is 0 Å². The molecule has 0 unspecified atom stereocenters. The molecule has 0 saturated carbocycles. The Bertz CT molecular complexity index is 855. The lowest BCUT2D eigenvalue weighted by molar-refractivity contribution is 0.0954. The standard InChI is InChI=1S/C21H24F2N3O3/c1-3-8-24-21(27)16-13-25-20(28-2)12-18(16)26-9-6-15(7-10-26)29-19-5-4-14(22)11-17(19)23/h4-5,11-13,15H,1,3,6-10H2,2H3,(H,24,27). The largest absolute Gasteiger partial charge is 0.487 e. The van der Waals surface area contributed by atoms with Crippen molar-refractivity contribution in [3.63, 3.8) is 0 Å². The summed E-state index contributed by atoms with van der Waals surface area (Å²) in [7, 11) is 1.52. The molecule has 29 heavy (non-hydrogen) atoms. The summed E-state index contributed by atoms with van der Waals surface area (Å²) in [5.74, 6) is -1.11. The van der Waals surface area contributed by atoms with E-state index in [4.69, 9.17) is 9.47 Å². The van der Waals surface area contributed by atoms with E-state index in [-0.39, 0.29) is 17.8 Å². The Balaban J connectivity index is 1.70. The van der Waals surface area contributed by atoms with Crippen LogP contribution in [0, 0.1) is 18.6 Å². The third kappa shape index (κ3) is 5.13. The number of amides is 1. The van der Waals surface area contributed by atoms with E-state index in [9.17, 15) is 13.6 Å². The minimum atomic E-state index is -0.712. The van der Waals surface area contributed by atoms with Crippen LogP contribution in [-0.4, -0.2) is 43.7 Å². The van der Waals surface area contributed by atoms with E-state index in [0.717, 1.165) is 11.8 Å². The van der Waals surface area contributed by atoms with Crippen molar-refractivity contribution in [3.05, 3.63) is 54.6 Å². The zero-order valence-corrected chi connectivity index (χ0v) is 16.3. The second kappa shape index (κ2) is 9.54. The Hall–Kier alpha value is -2.90. The van der Waals surface area contributed by atoms with Crippen LogP contribution in [0.1, 0.15) is 29.6 Å². The molecule has 1 aromatic carbocycles. The topological polar surface area (TPSA) is 63.7 Å². The molecule has 0 aliphatic carbocycles. The monoisotopic (exact) mass is 404 g/mol. The van der Waals surface area contributed by atoms with Gasteiger partial charge in [0.1, 0.15) is 11.9 Å².